The summed E-state index contributed by atoms with van der Waals surface area (Å²) in [5.41, 5.74) is 1.29. The first kappa shape index (κ1) is 21.0. The summed E-state index contributed by atoms with van der Waals surface area (Å²) in [5.74, 6) is 0.249. The van der Waals surface area contributed by atoms with Crippen LogP contribution in [0.25, 0.3) is 10.9 Å². The molecule has 30 heavy (non-hydrogen) atoms. The maximum atomic E-state index is 12.4. The Hall–Kier alpha value is -3.68. The lowest BCUT2D eigenvalue weighted by molar-refractivity contribution is -0.148. The van der Waals surface area contributed by atoms with E-state index in [-0.39, 0.29) is 25.0 Å². The summed E-state index contributed by atoms with van der Waals surface area (Å²) in [7, 11) is 3.19. The van der Waals surface area contributed by atoms with Gasteiger partial charge < -0.3 is 14.8 Å². The van der Waals surface area contributed by atoms with Gasteiger partial charge in [-0.2, -0.15) is 0 Å². The number of ether oxygens (including phenoxy) is 2. The first-order valence-corrected chi connectivity index (χ1v) is 9.48. The molecule has 0 aliphatic carbocycles. The lowest BCUT2D eigenvalue weighted by Crippen LogP contribution is -2.28. The smallest absolute Gasteiger partial charge is 0.306 e. The third-order valence-corrected chi connectivity index (χ3v) is 4.62. The molecule has 0 saturated carbocycles. The highest BCUT2D eigenvalue weighted by atomic mass is 16.5. The molecule has 8 heteroatoms. The number of rotatable bonds is 8. The van der Waals surface area contributed by atoms with Crippen molar-refractivity contribution in [2.75, 3.05) is 13.7 Å². The lowest BCUT2D eigenvalue weighted by atomic mass is 10.2. The zero-order chi connectivity index (χ0) is 21.5. The number of nitrogens with one attached hydrogen (secondary N) is 1. The van der Waals surface area contributed by atoms with Gasteiger partial charge in [-0.3, -0.25) is 19.0 Å². The number of benzene rings is 2. The molecule has 8 nitrogen and oxygen atoms in total. The second-order valence-corrected chi connectivity index (χ2v) is 6.70. The average Bonchev–Trinajstić information content (AvgIpc) is 2.77. The zero-order valence-electron chi connectivity index (χ0n) is 16.9. The Balaban J connectivity index is 1.48. The number of amides is 1. The number of methoxy groups -OCH3 is 1. The molecule has 156 valence electrons. The van der Waals surface area contributed by atoms with Crippen molar-refractivity contribution in [2.45, 2.75) is 19.4 Å². The molecule has 0 spiro atoms. The molecule has 3 rings (SSSR count). The lowest BCUT2D eigenvalue weighted by Gasteiger charge is -2.10. The van der Waals surface area contributed by atoms with E-state index in [0.29, 0.717) is 29.0 Å². The predicted molar refractivity (Wildman–Crippen MR) is 111 cm³/mol. The van der Waals surface area contributed by atoms with Gasteiger partial charge in [0.05, 0.1) is 24.4 Å². The molecule has 0 aliphatic rings. The fraction of sp³-hybridized carbons (Fsp3) is 0.273. The van der Waals surface area contributed by atoms with Gasteiger partial charge in [0.2, 0.25) is 0 Å². The van der Waals surface area contributed by atoms with E-state index < -0.39 is 11.9 Å². The zero-order valence-corrected chi connectivity index (χ0v) is 16.9. The minimum Gasteiger partial charge on any atom is -0.497 e. The van der Waals surface area contributed by atoms with Gasteiger partial charge in [0, 0.05) is 20.0 Å². The average molecular weight is 409 g/mol. The second kappa shape index (κ2) is 9.69. The number of fused-ring (bicyclic) bond motifs is 1. The molecule has 0 radical (unpaired) electrons. The van der Waals surface area contributed by atoms with Gasteiger partial charge >= 0.3 is 5.97 Å². The number of carbonyl (C=O) groups excluding carboxylic acids is 2. The summed E-state index contributed by atoms with van der Waals surface area (Å²) in [6, 6.07) is 14.4. The number of aromatic nitrogens is 2. The standard InChI is InChI=1S/C22H23N3O5/c1-25-19(24-18-9-4-3-8-17(18)22(25)28)10-11-21(27)30-14-20(26)23-13-15-6-5-7-16(12-15)29-2/h3-9,12H,10-11,13-14H2,1-2H3,(H,23,26). The molecule has 0 unspecified atom stereocenters. The van der Waals surface area contributed by atoms with Gasteiger partial charge in [0.1, 0.15) is 11.6 Å². The van der Waals surface area contributed by atoms with Gasteiger partial charge in [-0.05, 0) is 29.8 Å². The normalized spacial score (nSPS) is 10.6. The van der Waals surface area contributed by atoms with Crippen molar-refractivity contribution < 1.29 is 19.1 Å². The summed E-state index contributed by atoms with van der Waals surface area (Å²) in [6.07, 6.45) is 0.253. The Labute approximate surface area is 173 Å². The van der Waals surface area contributed by atoms with Crippen LogP contribution in [0.3, 0.4) is 0 Å². The molecule has 0 atom stereocenters. The van der Waals surface area contributed by atoms with E-state index in [1.807, 2.05) is 24.3 Å². The summed E-state index contributed by atoms with van der Waals surface area (Å²) in [4.78, 5) is 40.8. The summed E-state index contributed by atoms with van der Waals surface area (Å²) < 4.78 is 11.6. The van der Waals surface area contributed by atoms with Crippen molar-refractivity contribution in [2.24, 2.45) is 7.05 Å². The van der Waals surface area contributed by atoms with Gasteiger partial charge in [0.25, 0.3) is 11.5 Å². The monoisotopic (exact) mass is 409 g/mol. The molecule has 1 aromatic heterocycles. The molecule has 0 saturated heterocycles. The quantitative estimate of drug-likeness (QED) is 0.569. The van der Waals surface area contributed by atoms with Crippen LogP contribution in [0.2, 0.25) is 0 Å². The number of hydrogen-bond acceptors (Lipinski definition) is 6. The van der Waals surface area contributed by atoms with E-state index in [4.69, 9.17) is 9.47 Å². The number of nitrogens with zero attached hydrogens (tertiary/aromatic N) is 2. The number of esters is 1. The van der Waals surface area contributed by atoms with Crippen LogP contribution < -0.4 is 15.6 Å². The number of hydrogen-bond donors (Lipinski definition) is 1. The number of para-hydroxylation sites is 1. The van der Waals surface area contributed by atoms with Crippen molar-refractivity contribution in [3.63, 3.8) is 0 Å². The second-order valence-electron chi connectivity index (χ2n) is 6.70. The van der Waals surface area contributed by atoms with E-state index in [1.165, 1.54) is 4.57 Å². The number of carbonyl (C=O) groups is 2. The highest BCUT2D eigenvalue weighted by molar-refractivity contribution is 5.80. The van der Waals surface area contributed by atoms with Crippen LogP contribution in [0.1, 0.15) is 17.8 Å². The van der Waals surface area contributed by atoms with E-state index in [0.717, 1.165) is 5.56 Å². The molecule has 3 aromatic rings. The van der Waals surface area contributed by atoms with E-state index in [9.17, 15) is 14.4 Å². The van der Waals surface area contributed by atoms with E-state index >= 15 is 0 Å². The predicted octanol–water partition coefficient (Wildman–Crippen LogP) is 1.73. The van der Waals surface area contributed by atoms with Crippen LogP contribution >= 0.6 is 0 Å². The Morgan fingerprint density at radius 1 is 1.13 bits per heavy atom. The van der Waals surface area contributed by atoms with Crippen LogP contribution in [0, 0.1) is 0 Å². The fourth-order valence-electron chi connectivity index (χ4n) is 2.95. The first-order chi connectivity index (χ1) is 14.5. The van der Waals surface area contributed by atoms with E-state index in [2.05, 4.69) is 10.3 Å². The van der Waals surface area contributed by atoms with Crippen LogP contribution in [-0.4, -0.2) is 35.1 Å². The molecular formula is C22H23N3O5. The Morgan fingerprint density at radius 2 is 1.93 bits per heavy atom. The molecule has 0 fully saturated rings. The number of aryl methyl sites for hydroxylation is 1. The van der Waals surface area contributed by atoms with Gasteiger partial charge in [-0.15, -0.1) is 0 Å². The summed E-state index contributed by atoms with van der Waals surface area (Å²) in [6.45, 7) is -0.0659. The van der Waals surface area contributed by atoms with Crippen molar-refractivity contribution in [1.29, 1.82) is 0 Å². The first-order valence-electron chi connectivity index (χ1n) is 9.48. The largest absolute Gasteiger partial charge is 0.497 e. The van der Waals surface area contributed by atoms with Gasteiger partial charge in [-0.25, -0.2) is 4.98 Å². The molecule has 0 bridgehead atoms. The molecular weight excluding hydrogens is 386 g/mol. The van der Waals surface area contributed by atoms with Crippen LogP contribution in [0.4, 0.5) is 0 Å². The van der Waals surface area contributed by atoms with Crippen LogP contribution in [0.5, 0.6) is 5.75 Å². The molecule has 0 aliphatic heterocycles. The SMILES string of the molecule is COc1cccc(CNC(=O)COC(=O)CCc2nc3ccccc3c(=O)n2C)c1. The van der Waals surface area contributed by atoms with Crippen molar-refractivity contribution in [1.82, 2.24) is 14.9 Å². The minimum atomic E-state index is -0.533. The molecule has 1 N–H and O–H groups in total. The maximum absolute atomic E-state index is 12.4. The minimum absolute atomic E-state index is 0.0157. The highest BCUT2D eigenvalue weighted by Crippen LogP contribution is 2.12. The van der Waals surface area contributed by atoms with Crippen LogP contribution in [-0.2, 0) is 34.3 Å². The Morgan fingerprint density at radius 3 is 2.73 bits per heavy atom. The van der Waals surface area contributed by atoms with Gasteiger partial charge in [0.15, 0.2) is 6.61 Å². The fourth-order valence-corrected chi connectivity index (χ4v) is 2.95. The van der Waals surface area contributed by atoms with Crippen molar-refractivity contribution in [3.05, 3.63) is 70.3 Å². The molecule has 1 heterocycles. The van der Waals surface area contributed by atoms with Gasteiger partial charge in [-0.1, -0.05) is 24.3 Å². The third-order valence-electron chi connectivity index (χ3n) is 4.62. The Bertz CT molecular complexity index is 1120. The molecule has 1 amide bonds. The van der Waals surface area contributed by atoms with Crippen molar-refractivity contribution >= 4 is 22.8 Å². The Kier molecular flexibility index (Phi) is 6.79. The topological polar surface area (TPSA) is 99.5 Å². The summed E-state index contributed by atoms with van der Waals surface area (Å²) >= 11 is 0. The summed E-state index contributed by atoms with van der Waals surface area (Å²) in [5, 5.41) is 3.21. The van der Waals surface area contributed by atoms with Crippen LogP contribution in [0.15, 0.2) is 53.3 Å². The highest BCUT2D eigenvalue weighted by Gasteiger charge is 2.12. The van der Waals surface area contributed by atoms with Crippen molar-refractivity contribution in [3.8, 4) is 5.75 Å². The van der Waals surface area contributed by atoms with E-state index in [1.54, 1.807) is 38.4 Å². The maximum Gasteiger partial charge on any atom is 0.306 e. The molecule has 2 aromatic carbocycles. The third kappa shape index (κ3) is 5.22.